The van der Waals surface area contributed by atoms with Crippen LogP contribution in [0.1, 0.15) is 10.4 Å². The molecule has 1 rings (SSSR count). The van der Waals surface area contributed by atoms with Gasteiger partial charge in [0, 0.05) is 6.54 Å². The maximum atomic E-state index is 11.0. The summed E-state index contributed by atoms with van der Waals surface area (Å²) in [6.45, 7) is 0.291. The van der Waals surface area contributed by atoms with E-state index in [1.807, 2.05) is 0 Å². The zero-order valence-corrected chi connectivity index (χ0v) is 8.38. The summed E-state index contributed by atoms with van der Waals surface area (Å²) >= 11 is 0. The van der Waals surface area contributed by atoms with Gasteiger partial charge in [-0.3, -0.25) is 0 Å². The molecule has 0 saturated heterocycles. The molecular formula is C10H11NO5. The zero-order chi connectivity index (χ0) is 12.0. The van der Waals surface area contributed by atoms with Crippen LogP contribution in [0, 0.1) is 0 Å². The molecule has 0 amide bonds. The SMILES string of the molecule is NCCOC(=O)Oc1ccc(C(=O)O)cc1. The van der Waals surface area contributed by atoms with E-state index in [9.17, 15) is 9.59 Å². The lowest BCUT2D eigenvalue weighted by atomic mass is 10.2. The van der Waals surface area contributed by atoms with E-state index in [0.29, 0.717) is 0 Å². The first-order valence-corrected chi connectivity index (χ1v) is 4.51. The van der Waals surface area contributed by atoms with Crippen LogP contribution in [0.4, 0.5) is 4.79 Å². The van der Waals surface area contributed by atoms with Gasteiger partial charge in [0.1, 0.15) is 12.4 Å². The van der Waals surface area contributed by atoms with Gasteiger partial charge in [-0.1, -0.05) is 0 Å². The third-order valence-corrected chi connectivity index (χ3v) is 1.64. The average molecular weight is 225 g/mol. The summed E-state index contributed by atoms with van der Waals surface area (Å²) in [6.07, 6.45) is -0.867. The fourth-order valence-corrected chi connectivity index (χ4v) is 0.934. The highest BCUT2D eigenvalue weighted by Crippen LogP contribution is 2.12. The summed E-state index contributed by atoms with van der Waals surface area (Å²) in [5.41, 5.74) is 5.24. The van der Waals surface area contributed by atoms with E-state index in [4.69, 9.17) is 15.6 Å². The highest BCUT2D eigenvalue weighted by atomic mass is 16.7. The Morgan fingerprint density at radius 1 is 1.25 bits per heavy atom. The summed E-state index contributed by atoms with van der Waals surface area (Å²) in [5, 5.41) is 8.63. The number of aromatic carboxylic acids is 1. The number of hydrogen-bond acceptors (Lipinski definition) is 5. The Kier molecular flexibility index (Phi) is 4.28. The molecule has 1 aromatic rings. The van der Waals surface area contributed by atoms with Crippen molar-refractivity contribution in [1.82, 2.24) is 0 Å². The third-order valence-electron chi connectivity index (χ3n) is 1.64. The van der Waals surface area contributed by atoms with Crippen LogP contribution in [0.15, 0.2) is 24.3 Å². The smallest absolute Gasteiger partial charge is 0.478 e. The van der Waals surface area contributed by atoms with Gasteiger partial charge in [-0.2, -0.15) is 0 Å². The Morgan fingerprint density at radius 2 is 1.88 bits per heavy atom. The van der Waals surface area contributed by atoms with Crippen molar-refractivity contribution in [2.45, 2.75) is 0 Å². The van der Waals surface area contributed by atoms with Gasteiger partial charge in [0.05, 0.1) is 5.56 Å². The minimum Gasteiger partial charge on any atom is -0.478 e. The predicted molar refractivity (Wildman–Crippen MR) is 54.4 cm³/mol. The van der Waals surface area contributed by atoms with Crippen LogP contribution in [-0.2, 0) is 4.74 Å². The summed E-state index contributed by atoms with van der Waals surface area (Å²) in [5.74, 6) is -0.829. The molecule has 6 heteroatoms. The van der Waals surface area contributed by atoms with Crippen LogP contribution < -0.4 is 10.5 Å². The Labute approximate surface area is 91.6 Å². The van der Waals surface area contributed by atoms with Crippen molar-refractivity contribution in [3.8, 4) is 5.75 Å². The summed E-state index contributed by atoms with van der Waals surface area (Å²) in [6, 6.07) is 5.39. The fraction of sp³-hybridized carbons (Fsp3) is 0.200. The van der Waals surface area contributed by atoms with E-state index in [-0.39, 0.29) is 24.5 Å². The Hall–Kier alpha value is -2.08. The van der Waals surface area contributed by atoms with Crippen LogP contribution in [0.5, 0.6) is 5.75 Å². The Bertz CT molecular complexity index is 373. The van der Waals surface area contributed by atoms with Gasteiger partial charge in [-0.25, -0.2) is 9.59 Å². The minimum atomic E-state index is -1.04. The summed E-state index contributed by atoms with van der Waals surface area (Å²) in [4.78, 5) is 21.5. The Morgan fingerprint density at radius 3 is 2.38 bits per heavy atom. The zero-order valence-electron chi connectivity index (χ0n) is 8.38. The first-order valence-electron chi connectivity index (χ1n) is 4.51. The number of ether oxygens (including phenoxy) is 2. The average Bonchev–Trinajstić information content (AvgIpc) is 2.27. The molecule has 3 N–H and O–H groups in total. The number of hydrogen-bond donors (Lipinski definition) is 2. The van der Waals surface area contributed by atoms with Gasteiger partial charge < -0.3 is 20.3 Å². The number of carbonyl (C=O) groups is 2. The molecule has 16 heavy (non-hydrogen) atoms. The fourth-order valence-electron chi connectivity index (χ4n) is 0.934. The van der Waals surface area contributed by atoms with E-state index in [0.717, 1.165) is 0 Å². The van der Waals surface area contributed by atoms with Crippen LogP contribution in [0.2, 0.25) is 0 Å². The van der Waals surface area contributed by atoms with Crippen LogP contribution in [0.3, 0.4) is 0 Å². The molecule has 0 bridgehead atoms. The van der Waals surface area contributed by atoms with Crippen molar-refractivity contribution in [2.24, 2.45) is 5.73 Å². The Balaban J connectivity index is 2.55. The number of benzene rings is 1. The molecular weight excluding hydrogens is 214 g/mol. The first-order chi connectivity index (χ1) is 7.63. The van der Waals surface area contributed by atoms with E-state index in [1.54, 1.807) is 0 Å². The second kappa shape index (κ2) is 5.72. The molecule has 0 aliphatic carbocycles. The first kappa shape index (κ1) is 12.0. The predicted octanol–water partition coefficient (Wildman–Crippen LogP) is 0.859. The molecule has 0 fully saturated rings. The van der Waals surface area contributed by atoms with Crippen molar-refractivity contribution in [2.75, 3.05) is 13.2 Å². The lowest BCUT2D eigenvalue weighted by Crippen LogP contribution is -2.16. The lowest BCUT2D eigenvalue weighted by molar-refractivity contribution is 0.0697. The molecule has 0 radical (unpaired) electrons. The van der Waals surface area contributed by atoms with Gasteiger partial charge in [0.15, 0.2) is 0 Å². The highest BCUT2D eigenvalue weighted by molar-refractivity contribution is 5.87. The molecule has 0 aromatic heterocycles. The van der Waals surface area contributed by atoms with Gasteiger partial charge in [0.25, 0.3) is 0 Å². The van der Waals surface area contributed by atoms with Gasteiger partial charge >= 0.3 is 12.1 Å². The lowest BCUT2D eigenvalue weighted by Gasteiger charge is -2.04. The van der Waals surface area contributed by atoms with Crippen LogP contribution in [-0.4, -0.2) is 30.4 Å². The van der Waals surface area contributed by atoms with Gasteiger partial charge in [-0.05, 0) is 24.3 Å². The van der Waals surface area contributed by atoms with Gasteiger partial charge in [-0.15, -0.1) is 0 Å². The van der Waals surface area contributed by atoms with Gasteiger partial charge in [0.2, 0.25) is 0 Å². The molecule has 0 saturated carbocycles. The largest absolute Gasteiger partial charge is 0.513 e. The normalized spacial score (nSPS) is 9.56. The standard InChI is InChI=1S/C10H11NO5/c11-5-6-15-10(14)16-8-3-1-7(2-4-8)9(12)13/h1-4H,5-6,11H2,(H,12,13). The second-order valence-electron chi connectivity index (χ2n) is 2.82. The summed E-state index contributed by atoms with van der Waals surface area (Å²) < 4.78 is 9.31. The monoisotopic (exact) mass is 225 g/mol. The minimum absolute atomic E-state index is 0.0754. The summed E-state index contributed by atoms with van der Waals surface area (Å²) in [7, 11) is 0. The van der Waals surface area contributed by atoms with Crippen LogP contribution >= 0.6 is 0 Å². The maximum Gasteiger partial charge on any atom is 0.513 e. The molecule has 0 atom stereocenters. The number of carboxylic acid groups (broad SMARTS) is 1. The molecule has 0 heterocycles. The molecule has 0 aliphatic rings. The molecule has 0 spiro atoms. The molecule has 86 valence electrons. The van der Waals surface area contributed by atoms with Crippen molar-refractivity contribution in [3.05, 3.63) is 29.8 Å². The number of rotatable bonds is 4. The molecule has 6 nitrogen and oxygen atoms in total. The number of carboxylic acids is 1. The third kappa shape index (κ3) is 3.58. The quantitative estimate of drug-likeness (QED) is 0.582. The topological polar surface area (TPSA) is 98.9 Å². The molecule has 0 unspecified atom stereocenters. The maximum absolute atomic E-state index is 11.0. The second-order valence-corrected chi connectivity index (χ2v) is 2.82. The van der Waals surface area contributed by atoms with E-state index in [2.05, 4.69) is 4.74 Å². The van der Waals surface area contributed by atoms with E-state index >= 15 is 0 Å². The number of nitrogens with two attached hydrogens (primary N) is 1. The van der Waals surface area contributed by atoms with Crippen molar-refractivity contribution >= 4 is 12.1 Å². The van der Waals surface area contributed by atoms with Crippen molar-refractivity contribution in [3.63, 3.8) is 0 Å². The van der Waals surface area contributed by atoms with Crippen molar-refractivity contribution in [1.29, 1.82) is 0 Å². The van der Waals surface area contributed by atoms with E-state index < -0.39 is 12.1 Å². The highest BCUT2D eigenvalue weighted by Gasteiger charge is 2.06. The molecule has 1 aromatic carbocycles. The number of carbonyl (C=O) groups excluding carboxylic acids is 1. The van der Waals surface area contributed by atoms with Crippen LogP contribution in [0.25, 0.3) is 0 Å². The molecule has 0 aliphatic heterocycles. The van der Waals surface area contributed by atoms with E-state index in [1.165, 1.54) is 24.3 Å². The van der Waals surface area contributed by atoms with Crippen molar-refractivity contribution < 1.29 is 24.2 Å².